The smallest absolute Gasteiger partial charge is 0.344 e. The van der Waals surface area contributed by atoms with Crippen molar-refractivity contribution in [3.05, 3.63) is 70.1 Å². The average Bonchev–Trinajstić information content (AvgIpc) is 2.73. The van der Waals surface area contributed by atoms with Crippen molar-refractivity contribution in [2.45, 2.75) is 6.92 Å². The minimum atomic E-state index is -0.911. The van der Waals surface area contributed by atoms with E-state index in [1.165, 1.54) is 11.1 Å². The molecule has 146 valence electrons. The number of benzene rings is 1. The van der Waals surface area contributed by atoms with Gasteiger partial charge in [-0.15, -0.1) is 0 Å². The number of fused-ring (bicyclic) bond motifs is 1. The maximum atomic E-state index is 12.6. The lowest BCUT2D eigenvalue weighted by atomic mass is 10.2. The fourth-order valence-electron chi connectivity index (χ4n) is 2.88. The molecule has 0 N–H and O–H groups in total. The van der Waals surface area contributed by atoms with Crippen molar-refractivity contribution in [3.8, 4) is 6.07 Å². The molecule has 1 amide bonds. The molecule has 8 nitrogen and oxygen atoms in total. The van der Waals surface area contributed by atoms with Crippen LogP contribution in [0.15, 0.2) is 53.5 Å². The summed E-state index contributed by atoms with van der Waals surface area (Å²) in [4.78, 5) is 43.1. The van der Waals surface area contributed by atoms with E-state index in [1.807, 2.05) is 6.07 Å². The van der Waals surface area contributed by atoms with Gasteiger partial charge in [0.25, 0.3) is 5.91 Å². The van der Waals surface area contributed by atoms with Gasteiger partial charge in [0.15, 0.2) is 6.61 Å². The molecular weight excluding hydrogens is 372 g/mol. The fraction of sp³-hybridized carbons (Fsp3) is 0.190. The van der Waals surface area contributed by atoms with Crippen LogP contribution in [0.2, 0.25) is 0 Å². The molecule has 0 unspecified atom stereocenters. The van der Waals surface area contributed by atoms with Crippen LogP contribution in [0.1, 0.15) is 16.1 Å². The van der Waals surface area contributed by atoms with Gasteiger partial charge in [0.1, 0.15) is 17.8 Å². The van der Waals surface area contributed by atoms with Crippen molar-refractivity contribution in [2.75, 3.05) is 18.1 Å². The van der Waals surface area contributed by atoms with Gasteiger partial charge in [-0.05, 0) is 31.2 Å². The van der Waals surface area contributed by atoms with Gasteiger partial charge in [-0.3, -0.25) is 14.5 Å². The molecule has 0 saturated carbocycles. The Morgan fingerprint density at radius 3 is 2.62 bits per heavy atom. The zero-order valence-electron chi connectivity index (χ0n) is 16.0. The number of aryl methyl sites for hydroxylation is 2. The number of nitrogens with zero attached hydrogens (tertiary/aromatic N) is 4. The monoisotopic (exact) mass is 390 g/mol. The molecule has 0 aliphatic carbocycles. The van der Waals surface area contributed by atoms with E-state index in [-0.39, 0.29) is 17.5 Å². The molecule has 2 heterocycles. The first-order valence-electron chi connectivity index (χ1n) is 8.79. The van der Waals surface area contributed by atoms with Gasteiger partial charge >= 0.3 is 5.97 Å². The highest BCUT2D eigenvalue weighted by atomic mass is 16.5. The van der Waals surface area contributed by atoms with Crippen LogP contribution < -0.4 is 10.3 Å². The zero-order valence-corrected chi connectivity index (χ0v) is 16.0. The minimum absolute atomic E-state index is 0.190. The normalized spacial score (nSPS) is 10.4. The van der Waals surface area contributed by atoms with Gasteiger partial charge in [-0.25, -0.2) is 9.78 Å². The van der Waals surface area contributed by atoms with Crippen molar-refractivity contribution in [3.63, 3.8) is 0 Å². The van der Waals surface area contributed by atoms with Gasteiger partial charge in [-0.1, -0.05) is 18.2 Å². The molecule has 0 fully saturated rings. The quantitative estimate of drug-likeness (QED) is 0.487. The van der Waals surface area contributed by atoms with Crippen molar-refractivity contribution < 1.29 is 14.3 Å². The number of hydrogen-bond donors (Lipinski definition) is 0. The van der Waals surface area contributed by atoms with E-state index in [2.05, 4.69) is 4.98 Å². The summed E-state index contributed by atoms with van der Waals surface area (Å²) in [5.74, 6) is -1.48. The molecule has 3 rings (SSSR count). The van der Waals surface area contributed by atoms with Crippen LogP contribution in [0, 0.1) is 18.3 Å². The molecular formula is C21H18N4O4. The van der Waals surface area contributed by atoms with Crippen LogP contribution in [-0.4, -0.2) is 34.6 Å². The SMILES string of the molecule is Cc1ccc2c(=O)c(C(=O)OCC(=O)N(CC#N)c3ccccc3)cn(C)c2n1. The van der Waals surface area contributed by atoms with Crippen LogP contribution in [0.4, 0.5) is 5.69 Å². The number of ether oxygens (including phenoxy) is 1. The molecule has 8 heteroatoms. The topological polar surface area (TPSA) is 105 Å². The van der Waals surface area contributed by atoms with Gasteiger partial charge in [0.2, 0.25) is 5.43 Å². The molecule has 3 aromatic rings. The summed E-state index contributed by atoms with van der Waals surface area (Å²) in [5.41, 5.74) is 1.00. The molecule has 0 spiro atoms. The third kappa shape index (κ3) is 4.14. The third-order valence-electron chi connectivity index (χ3n) is 4.30. The van der Waals surface area contributed by atoms with Gasteiger partial charge in [0, 0.05) is 24.6 Å². The van der Waals surface area contributed by atoms with E-state index in [0.29, 0.717) is 11.3 Å². The number of carbonyl (C=O) groups excluding carboxylic acids is 2. The molecule has 1 aromatic carbocycles. The van der Waals surface area contributed by atoms with Crippen LogP contribution in [0.5, 0.6) is 0 Å². The number of rotatable bonds is 5. The second kappa shape index (κ2) is 8.35. The molecule has 29 heavy (non-hydrogen) atoms. The molecule has 0 aliphatic rings. The lowest BCUT2D eigenvalue weighted by Crippen LogP contribution is -2.35. The summed E-state index contributed by atoms with van der Waals surface area (Å²) in [7, 11) is 1.67. The first-order chi connectivity index (χ1) is 13.9. The standard InChI is InChI=1S/C21H18N4O4/c1-14-8-9-16-19(27)17(12-24(2)20(16)23-14)21(28)29-13-18(26)25(11-10-22)15-6-4-3-5-7-15/h3-9,12H,11,13H2,1-2H3. The van der Waals surface area contributed by atoms with E-state index in [9.17, 15) is 14.4 Å². The Morgan fingerprint density at radius 2 is 1.93 bits per heavy atom. The number of esters is 1. The predicted molar refractivity (Wildman–Crippen MR) is 106 cm³/mol. The summed E-state index contributed by atoms with van der Waals surface area (Å²) < 4.78 is 6.64. The number of amides is 1. The van der Waals surface area contributed by atoms with Gasteiger partial charge in [0.05, 0.1) is 11.5 Å². The summed E-state index contributed by atoms with van der Waals surface area (Å²) >= 11 is 0. The Morgan fingerprint density at radius 1 is 1.21 bits per heavy atom. The number of anilines is 1. The van der Waals surface area contributed by atoms with Crippen molar-refractivity contribution >= 4 is 28.6 Å². The Balaban J connectivity index is 1.81. The number of hydrogen-bond acceptors (Lipinski definition) is 6. The molecule has 0 aliphatic heterocycles. The zero-order chi connectivity index (χ0) is 21.0. The first-order valence-corrected chi connectivity index (χ1v) is 8.79. The van der Waals surface area contributed by atoms with Crippen molar-refractivity contribution in [1.82, 2.24) is 9.55 Å². The summed E-state index contributed by atoms with van der Waals surface area (Å²) in [6.07, 6.45) is 1.34. The third-order valence-corrected chi connectivity index (χ3v) is 4.30. The Labute approximate surface area is 166 Å². The van der Waals surface area contributed by atoms with Crippen LogP contribution in [0.25, 0.3) is 11.0 Å². The number of carbonyl (C=O) groups is 2. The second-order valence-electron chi connectivity index (χ2n) is 6.36. The lowest BCUT2D eigenvalue weighted by molar-refractivity contribution is -0.121. The number of aromatic nitrogens is 2. The maximum absolute atomic E-state index is 12.6. The second-order valence-corrected chi connectivity index (χ2v) is 6.36. The van der Waals surface area contributed by atoms with Crippen molar-refractivity contribution in [2.24, 2.45) is 7.05 Å². The Kier molecular flexibility index (Phi) is 5.69. The largest absolute Gasteiger partial charge is 0.452 e. The Bertz CT molecular complexity index is 1180. The number of para-hydroxylation sites is 1. The highest BCUT2D eigenvalue weighted by Crippen LogP contribution is 2.14. The van der Waals surface area contributed by atoms with E-state index >= 15 is 0 Å². The van der Waals surface area contributed by atoms with E-state index < -0.39 is 23.9 Å². The van der Waals surface area contributed by atoms with E-state index in [0.717, 1.165) is 5.69 Å². The first kappa shape index (κ1) is 19.8. The van der Waals surface area contributed by atoms with Gasteiger partial charge in [-0.2, -0.15) is 5.26 Å². The summed E-state index contributed by atoms with van der Waals surface area (Å²) in [5, 5.41) is 9.27. The maximum Gasteiger partial charge on any atom is 0.344 e. The van der Waals surface area contributed by atoms with Crippen LogP contribution in [0.3, 0.4) is 0 Å². The average molecular weight is 390 g/mol. The predicted octanol–water partition coefficient (Wildman–Crippen LogP) is 1.96. The minimum Gasteiger partial charge on any atom is -0.452 e. The fourth-order valence-corrected chi connectivity index (χ4v) is 2.88. The highest BCUT2D eigenvalue weighted by Gasteiger charge is 2.21. The number of nitriles is 1. The van der Waals surface area contributed by atoms with E-state index in [4.69, 9.17) is 10.00 Å². The summed E-state index contributed by atoms with van der Waals surface area (Å²) in [6.45, 7) is 1.02. The lowest BCUT2D eigenvalue weighted by Gasteiger charge is -2.19. The molecule has 0 saturated heterocycles. The van der Waals surface area contributed by atoms with Crippen LogP contribution >= 0.6 is 0 Å². The van der Waals surface area contributed by atoms with Gasteiger partial charge < -0.3 is 9.30 Å². The van der Waals surface area contributed by atoms with E-state index in [1.54, 1.807) is 61.0 Å². The molecule has 0 radical (unpaired) electrons. The molecule has 2 aromatic heterocycles. The Hall–Kier alpha value is -3.99. The number of pyridine rings is 2. The molecule has 0 bridgehead atoms. The summed E-state index contributed by atoms with van der Waals surface area (Å²) in [6, 6.07) is 13.8. The van der Waals surface area contributed by atoms with Crippen molar-refractivity contribution in [1.29, 1.82) is 5.26 Å². The molecule has 0 atom stereocenters. The highest BCUT2D eigenvalue weighted by molar-refractivity contribution is 5.98. The van der Waals surface area contributed by atoms with Crippen LogP contribution in [-0.2, 0) is 16.6 Å².